The fourth-order valence-electron chi connectivity index (χ4n) is 2.08. The van der Waals surface area contributed by atoms with Crippen LogP contribution in [-0.4, -0.2) is 0 Å². The van der Waals surface area contributed by atoms with Crippen LogP contribution < -0.4 is 5.73 Å². The quantitative estimate of drug-likeness (QED) is 0.906. The van der Waals surface area contributed by atoms with E-state index >= 15 is 0 Å². The second-order valence-electron chi connectivity index (χ2n) is 4.44. The zero-order valence-corrected chi connectivity index (χ0v) is 11.7. The van der Waals surface area contributed by atoms with E-state index in [2.05, 4.69) is 15.9 Å². The Bertz CT molecular complexity index is 554. The van der Waals surface area contributed by atoms with Crippen molar-refractivity contribution in [2.75, 3.05) is 0 Å². The maximum absolute atomic E-state index is 13.1. The minimum Gasteiger partial charge on any atom is -0.324 e. The Hall–Kier alpha value is -1.19. The second kappa shape index (κ2) is 5.63. The van der Waals surface area contributed by atoms with Gasteiger partial charge in [0, 0.05) is 10.5 Å². The molecule has 0 aromatic heterocycles. The minimum absolute atomic E-state index is 0.111. The zero-order valence-electron chi connectivity index (χ0n) is 10.2. The zero-order chi connectivity index (χ0) is 13.1. The van der Waals surface area contributed by atoms with Crippen molar-refractivity contribution in [2.45, 2.75) is 19.4 Å². The molecule has 2 aromatic rings. The molecule has 0 spiro atoms. The Balaban J connectivity index is 2.19. The molecule has 0 amide bonds. The molecule has 0 saturated carbocycles. The SMILES string of the molecule is Cc1cc(Br)ccc1C(N)Cc1cccc(F)c1. The molecule has 1 unspecified atom stereocenters. The van der Waals surface area contributed by atoms with E-state index in [9.17, 15) is 4.39 Å². The van der Waals surface area contributed by atoms with Crippen LogP contribution in [0.4, 0.5) is 4.39 Å². The molecule has 0 aliphatic heterocycles. The smallest absolute Gasteiger partial charge is 0.123 e. The topological polar surface area (TPSA) is 26.0 Å². The number of aryl methyl sites for hydroxylation is 1. The summed E-state index contributed by atoms with van der Waals surface area (Å²) in [4.78, 5) is 0. The fourth-order valence-corrected chi connectivity index (χ4v) is 2.56. The first kappa shape index (κ1) is 13.2. The van der Waals surface area contributed by atoms with Gasteiger partial charge in [-0.1, -0.05) is 34.1 Å². The predicted molar refractivity (Wildman–Crippen MR) is 75.9 cm³/mol. The first-order valence-corrected chi connectivity index (χ1v) is 6.61. The molecule has 2 N–H and O–H groups in total. The van der Waals surface area contributed by atoms with E-state index in [4.69, 9.17) is 5.73 Å². The molecular formula is C15H15BrFN. The highest BCUT2D eigenvalue weighted by atomic mass is 79.9. The molecule has 94 valence electrons. The van der Waals surface area contributed by atoms with E-state index in [1.165, 1.54) is 12.1 Å². The molecule has 3 heteroatoms. The molecule has 2 rings (SSSR count). The molecular weight excluding hydrogens is 293 g/mol. The maximum Gasteiger partial charge on any atom is 0.123 e. The Morgan fingerprint density at radius 3 is 2.67 bits per heavy atom. The third-order valence-corrected chi connectivity index (χ3v) is 3.47. The van der Waals surface area contributed by atoms with Gasteiger partial charge in [-0.05, 0) is 54.3 Å². The number of rotatable bonds is 3. The van der Waals surface area contributed by atoms with Gasteiger partial charge in [-0.2, -0.15) is 0 Å². The maximum atomic E-state index is 13.1. The van der Waals surface area contributed by atoms with Crippen molar-refractivity contribution in [3.63, 3.8) is 0 Å². The van der Waals surface area contributed by atoms with Gasteiger partial charge in [0.25, 0.3) is 0 Å². The predicted octanol–water partition coefficient (Wildman–Crippen LogP) is 4.14. The van der Waals surface area contributed by atoms with Crippen LogP contribution in [0.2, 0.25) is 0 Å². The lowest BCUT2D eigenvalue weighted by molar-refractivity contribution is 0.622. The molecule has 0 radical (unpaired) electrons. The van der Waals surface area contributed by atoms with Crippen molar-refractivity contribution in [1.82, 2.24) is 0 Å². The standard InChI is InChI=1S/C15H15BrFN/c1-10-7-12(16)5-6-14(10)15(18)9-11-3-2-4-13(17)8-11/h2-8,15H,9,18H2,1H3. The lowest BCUT2D eigenvalue weighted by Gasteiger charge is -2.15. The third-order valence-electron chi connectivity index (χ3n) is 2.98. The molecule has 18 heavy (non-hydrogen) atoms. The van der Waals surface area contributed by atoms with Gasteiger partial charge in [0.15, 0.2) is 0 Å². The van der Waals surface area contributed by atoms with Crippen LogP contribution in [0.1, 0.15) is 22.7 Å². The van der Waals surface area contributed by atoms with E-state index in [-0.39, 0.29) is 11.9 Å². The van der Waals surface area contributed by atoms with Crippen molar-refractivity contribution in [3.8, 4) is 0 Å². The monoisotopic (exact) mass is 307 g/mol. The van der Waals surface area contributed by atoms with E-state index in [1.807, 2.05) is 31.2 Å². The summed E-state index contributed by atoms with van der Waals surface area (Å²) < 4.78 is 14.1. The lowest BCUT2D eigenvalue weighted by Crippen LogP contribution is -2.14. The summed E-state index contributed by atoms with van der Waals surface area (Å²) in [5, 5.41) is 0. The van der Waals surface area contributed by atoms with Crippen LogP contribution >= 0.6 is 15.9 Å². The van der Waals surface area contributed by atoms with Crippen molar-refractivity contribution in [1.29, 1.82) is 0 Å². The van der Waals surface area contributed by atoms with Crippen LogP contribution in [0, 0.1) is 12.7 Å². The molecule has 2 aromatic carbocycles. The van der Waals surface area contributed by atoms with Crippen LogP contribution in [0.25, 0.3) is 0 Å². The molecule has 0 bridgehead atoms. The first-order chi connectivity index (χ1) is 8.56. The summed E-state index contributed by atoms with van der Waals surface area (Å²) in [6.07, 6.45) is 0.639. The van der Waals surface area contributed by atoms with Gasteiger partial charge in [-0.25, -0.2) is 4.39 Å². The highest BCUT2D eigenvalue weighted by molar-refractivity contribution is 9.10. The van der Waals surface area contributed by atoms with Gasteiger partial charge in [0.05, 0.1) is 0 Å². The van der Waals surface area contributed by atoms with Gasteiger partial charge >= 0.3 is 0 Å². The summed E-state index contributed by atoms with van der Waals surface area (Å²) in [5.74, 6) is -0.216. The van der Waals surface area contributed by atoms with Crippen LogP contribution in [0.3, 0.4) is 0 Å². The van der Waals surface area contributed by atoms with Crippen LogP contribution in [-0.2, 0) is 6.42 Å². The van der Waals surface area contributed by atoms with Crippen molar-refractivity contribution >= 4 is 15.9 Å². The lowest BCUT2D eigenvalue weighted by atomic mass is 9.96. The molecule has 0 aliphatic carbocycles. The van der Waals surface area contributed by atoms with E-state index < -0.39 is 0 Å². The van der Waals surface area contributed by atoms with Gasteiger partial charge in [-0.15, -0.1) is 0 Å². The third kappa shape index (κ3) is 3.18. The number of nitrogens with two attached hydrogens (primary N) is 1. The Labute approximate surface area is 115 Å². The van der Waals surface area contributed by atoms with E-state index in [1.54, 1.807) is 6.07 Å². The number of hydrogen-bond acceptors (Lipinski definition) is 1. The van der Waals surface area contributed by atoms with Crippen molar-refractivity contribution in [3.05, 3.63) is 69.4 Å². The molecule has 1 atom stereocenters. The fraction of sp³-hybridized carbons (Fsp3) is 0.200. The van der Waals surface area contributed by atoms with E-state index in [0.29, 0.717) is 6.42 Å². The summed E-state index contributed by atoms with van der Waals surface area (Å²) in [6, 6.07) is 12.5. The molecule has 0 fully saturated rings. The van der Waals surface area contributed by atoms with Crippen LogP contribution in [0.15, 0.2) is 46.9 Å². The Kier molecular flexibility index (Phi) is 4.15. The Morgan fingerprint density at radius 2 is 2.00 bits per heavy atom. The highest BCUT2D eigenvalue weighted by Gasteiger charge is 2.10. The van der Waals surface area contributed by atoms with E-state index in [0.717, 1.165) is 21.2 Å². The number of halogens is 2. The average Bonchev–Trinajstić information content (AvgIpc) is 2.28. The van der Waals surface area contributed by atoms with Gasteiger partial charge in [0.2, 0.25) is 0 Å². The molecule has 0 aliphatic rings. The second-order valence-corrected chi connectivity index (χ2v) is 5.36. The van der Waals surface area contributed by atoms with Crippen LogP contribution in [0.5, 0.6) is 0 Å². The number of benzene rings is 2. The van der Waals surface area contributed by atoms with Gasteiger partial charge in [-0.3, -0.25) is 0 Å². The average molecular weight is 308 g/mol. The normalized spacial score (nSPS) is 12.4. The van der Waals surface area contributed by atoms with Crippen molar-refractivity contribution in [2.24, 2.45) is 5.73 Å². The highest BCUT2D eigenvalue weighted by Crippen LogP contribution is 2.23. The Morgan fingerprint density at radius 1 is 1.22 bits per heavy atom. The molecule has 1 nitrogen and oxygen atoms in total. The number of hydrogen-bond donors (Lipinski definition) is 1. The van der Waals surface area contributed by atoms with Gasteiger partial charge in [0.1, 0.15) is 5.82 Å². The molecule has 0 heterocycles. The largest absolute Gasteiger partial charge is 0.324 e. The summed E-state index contributed by atoms with van der Waals surface area (Å²) in [5.41, 5.74) is 9.36. The first-order valence-electron chi connectivity index (χ1n) is 5.82. The minimum atomic E-state index is -0.216. The summed E-state index contributed by atoms with van der Waals surface area (Å²) >= 11 is 3.43. The van der Waals surface area contributed by atoms with Crippen molar-refractivity contribution < 1.29 is 4.39 Å². The molecule has 0 saturated heterocycles. The summed E-state index contributed by atoms with van der Waals surface area (Å²) in [7, 11) is 0. The van der Waals surface area contributed by atoms with Gasteiger partial charge < -0.3 is 5.73 Å². The summed E-state index contributed by atoms with van der Waals surface area (Å²) in [6.45, 7) is 2.03.